The monoisotopic (exact) mass is 609 g/mol. The van der Waals surface area contributed by atoms with Crippen LogP contribution in [0.1, 0.15) is 226 Å². The predicted octanol–water partition coefficient (Wildman–Crippen LogP) is 13.0. The van der Waals surface area contributed by atoms with Crippen molar-refractivity contribution in [2.45, 2.75) is 232 Å². The van der Waals surface area contributed by atoms with Gasteiger partial charge in [0.25, 0.3) is 0 Å². The van der Waals surface area contributed by atoms with Crippen molar-refractivity contribution in [3.05, 3.63) is 0 Å². The summed E-state index contributed by atoms with van der Waals surface area (Å²) in [6.45, 7) is 6.53. The van der Waals surface area contributed by atoms with Crippen molar-refractivity contribution >= 4 is 11.9 Å². The van der Waals surface area contributed by atoms with Crippen molar-refractivity contribution in [1.29, 1.82) is 0 Å². The quantitative estimate of drug-likeness (QED) is 0.0530. The molecule has 0 saturated carbocycles. The van der Waals surface area contributed by atoms with E-state index in [4.69, 9.17) is 9.47 Å². The van der Waals surface area contributed by atoms with Crippen LogP contribution in [0.2, 0.25) is 0 Å². The van der Waals surface area contributed by atoms with Gasteiger partial charge in [0.2, 0.25) is 0 Å². The average Bonchev–Trinajstić information content (AvgIpc) is 3.00. The smallest absolute Gasteiger partial charge is 0.306 e. The van der Waals surface area contributed by atoms with Gasteiger partial charge in [-0.2, -0.15) is 0 Å². The number of unbranched alkanes of at least 4 members (excludes halogenated alkanes) is 28. The fourth-order valence-electron chi connectivity index (χ4n) is 5.88. The van der Waals surface area contributed by atoms with Crippen LogP contribution < -0.4 is 0 Å². The SMILES string of the molecule is CCCCCCCCCCCCCCCCCCC(=O)OCC(C)OC(=O)CCCCCCCCCCCCCCCC. The Balaban J connectivity index is 3.38. The highest BCUT2D eigenvalue weighted by Gasteiger charge is 2.12. The molecule has 0 aliphatic heterocycles. The minimum atomic E-state index is -0.367. The van der Waals surface area contributed by atoms with Crippen molar-refractivity contribution in [2.24, 2.45) is 0 Å². The van der Waals surface area contributed by atoms with E-state index >= 15 is 0 Å². The normalized spacial score (nSPS) is 12.0. The van der Waals surface area contributed by atoms with Crippen molar-refractivity contribution < 1.29 is 19.1 Å². The Hall–Kier alpha value is -1.06. The summed E-state index contributed by atoms with van der Waals surface area (Å²) in [5, 5.41) is 0. The fourth-order valence-corrected chi connectivity index (χ4v) is 5.88. The highest BCUT2D eigenvalue weighted by atomic mass is 16.6. The van der Waals surface area contributed by atoms with Crippen molar-refractivity contribution in [1.82, 2.24) is 0 Å². The molecule has 43 heavy (non-hydrogen) atoms. The highest BCUT2D eigenvalue weighted by molar-refractivity contribution is 5.70. The van der Waals surface area contributed by atoms with Crippen LogP contribution in [0.5, 0.6) is 0 Å². The molecule has 0 amide bonds. The van der Waals surface area contributed by atoms with Crippen molar-refractivity contribution in [3.63, 3.8) is 0 Å². The lowest BCUT2D eigenvalue weighted by atomic mass is 10.0. The molecule has 1 atom stereocenters. The number of esters is 2. The summed E-state index contributed by atoms with van der Waals surface area (Å²) in [6, 6.07) is 0. The Morgan fingerprint density at radius 3 is 0.953 bits per heavy atom. The van der Waals surface area contributed by atoms with E-state index in [1.165, 1.54) is 167 Å². The lowest BCUT2D eigenvalue weighted by molar-refractivity contribution is -0.158. The van der Waals surface area contributed by atoms with E-state index in [0.717, 1.165) is 25.7 Å². The second kappa shape index (κ2) is 35.4. The Bertz CT molecular complexity index is 576. The lowest BCUT2D eigenvalue weighted by Crippen LogP contribution is -2.22. The van der Waals surface area contributed by atoms with Crippen LogP contribution in [0.4, 0.5) is 0 Å². The zero-order valence-corrected chi connectivity index (χ0v) is 29.5. The summed E-state index contributed by atoms with van der Waals surface area (Å²) in [7, 11) is 0. The highest BCUT2D eigenvalue weighted by Crippen LogP contribution is 2.15. The summed E-state index contributed by atoms with van der Waals surface area (Å²) >= 11 is 0. The Labute approximate surface area is 269 Å². The van der Waals surface area contributed by atoms with Gasteiger partial charge in [0.05, 0.1) is 0 Å². The van der Waals surface area contributed by atoms with Gasteiger partial charge < -0.3 is 9.47 Å². The van der Waals surface area contributed by atoms with Gasteiger partial charge in [0, 0.05) is 12.8 Å². The molecule has 0 spiro atoms. The van der Waals surface area contributed by atoms with Crippen LogP contribution in [0.15, 0.2) is 0 Å². The van der Waals surface area contributed by atoms with Gasteiger partial charge in [-0.05, 0) is 19.8 Å². The first-order valence-electron chi connectivity index (χ1n) is 19.4. The number of carbonyl (C=O) groups excluding carboxylic acids is 2. The summed E-state index contributed by atoms with van der Waals surface area (Å²) in [6.07, 6.45) is 40.1. The molecule has 0 aromatic heterocycles. The molecule has 0 rings (SSSR count). The topological polar surface area (TPSA) is 52.6 Å². The predicted molar refractivity (Wildman–Crippen MR) is 186 cm³/mol. The number of hydrogen-bond acceptors (Lipinski definition) is 4. The Morgan fingerprint density at radius 1 is 0.395 bits per heavy atom. The van der Waals surface area contributed by atoms with Crippen LogP contribution >= 0.6 is 0 Å². The molecule has 4 nitrogen and oxygen atoms in total. The van der Waals surface area contributed by atoms with Gasteiger partial charge in [-0.3, -0.25) is 9.59 Å². The van der Waals surface area contributed by atoms with E-state index in [2.05, 4.69) is 13.8 Å². The fraction of sp³-hybridized carbons (Fsp3) is 0.949. The third-order valence-corrected chi connectivity index (χ3v) is 8.78. The molecule has 0 radical (unpaired) electrons. The molecule has 4 heteroatoms. The third kappa shape index (κ3) is 35.3. The molecule has 0 N–H and O–H groups in total. The minimum Gasteiger partial charge on any atom is -0.462 e. The van der Waals surface area contributed by atoms with Crippen LogP contribution in [0, 0.1) is 0 Å². The number of rotatable bonds is 35. The zero-order chi connectivity index (χ0) is 31.5. The summed E-state index contributed by atoms with van der Waals surface area (Å²) in [4.78, 5) is 24.1. The standard InChI is InChI=1S/C39H76O4/c1-4-6-8-10-12-14-16-18-20-21-23-24-26-28-30-32-34-38(40)42-36-37(3)43-39(41)35-33-31-29-27-25-22-19-17-15-13-11-9-7-5-2/h37H,4-36H2,1-3H3. The molecular weight excluding hydrogens is 532 g/mol. The Kier molecular flexibility index (Phi) is 34.5. The van der Waals surface area contributed by atoms with Gasteiger partial charge in [0.15, 0.2) is 0 Å². The van der Waals surface area contributed by atoms with Crippen LogP contribution in [0.25, 0.3) is 0 Å². The molecule has 1 unspecified atom stereocenters. The molecule has 0 saturated heterocycles. The van der Waals surface area contributed by atoms with Crippen molar-refractivity contribution in [2.75, 3.05) is 6.61 Å². The summed E-state index contributed by atoms with van der Waals surface area (Å²) in [5.74, 6) is -0.333. The van der Waals surface area contributed by atoms with Crippen LogP contribution in [0.3, 0.4) is 0 Å². The average molecular weight is 609 g/mol. The number of carbonyl (C=O) groups is 2. The second-order valence-electron chi connectivity index (χ2n) is 13.4. The van der Waals surface area contributed by atoms with Gasteiger partial charge in [-0.1, -0.05) is 194 Å². The molecule has 0 heterocycles. The molecule has 0 aromatic carbocycles. The van der Waals surface area contributed by atoms with E-state index < -0.39 is 0 Å². The Morgan fingerprint density at radius 2 is 0.651 bits per heavy atom. The molecule has 0 aromatic rings. The first-order valence-corrected chi connectivity index (χ1v) is 19.4. The zero-order valence-electron chi connectivity index (χ0n) is 29.5. The van der Waals surface area contributed by atoms with E-state index in [0.29, 0.717) is 12.8 Å². The first kappa shape index (κ1) is 41.9. The van der Waals surface area contributed by atoms with Crippen molar-refractivity contribution in [3.8, 4) is 0 Å². The third-order valence-electron chi connectivity index (χ3n) is 8.78. The lowest BCUT2D eigenvalue weighted by Gasteiger charge is -2.13. The maximum Gasteiger partial charge on any atom is 0.306 e. The maximum atomic E-state index is 12.1. The molecular formula is C39H76O4. The van der Waals surface area contributed by atoms with E-state index in [-0.39, 0.29) is 24.6 Å². The minimum absolute atomic E-state index is 0.166. The summed E-state index contributed by atoms with van der Waals surface area (Å²) in [5.41, 5.74) is 0. The van der Waals surface area contributed by atoms with Gasteiger partial charge in [-0.25, -0.2) is 0 Å². The second-order valence-corrected chi connectivity index (χ2v) is 13.4. The molecule has 0 fully saturated rings. The van der Waals surface area contributed by atoms with E-state index in [1.54, 1.807) is 0 Å². The first-order chi connectivity index (χ1) is 21.1. The van der Waals surface area contributed by atoms with Gasteiger partial charge in [0.1, 0.15) is 12.7 Å². The molecule has 256 valence electrons. The van der Waals surface area contributed by atoms with Crippen LogP contribution in [-0.4, -0.2) is 24.6 Å². The molecule has 0 bridgehead atoms. The number of ether oxygens (including phenoxy) is 2. The molecule has 0 aliphatic rings. The van der Waals surface area contributed by atoms with Gasteiger partial charge >= 0.3 is 11.9 Å². The summed E-state index contributed by atoms with van der Waals surface area (Å²) < 4.78 is 10.8. The van der Waals surface area contributed by atoms with E-state index in [9.17, 15) is 9.59 Å². The van der Waals surface area contributed by atoms with Crippen LogP contribution in [-0.2, 0) is 19.1 Å². The molecule has 0 aliphatic carbocycles. The van der Waals surface area contributed by atoms with E-state index in [1.807, 2.05) is 6.92 Å². The van der Waals surface area contributed by atoms with Gasteiger partial charge in [-0.15, -0.1) is 0 Å². The largest absolute Gasteiger partial charge is 0.462 e. The number of hydrogen-bond donors (Lipinski definition) is 0. The maximum absolute atomic E-state index is 12.1.